The van der Waals surface area contributed by atoms with Gasteiger partial charge in [-0.05, 0) is 42.2 Å². The molecule has 1 saturated heterocycles. The van der Waals surface area contributed by atoms with Crippen LogP contribution < -0.4 is 4.90 Å². The van der Waals surface area contributed by atoms with Crippen molar-refractivity contribution in [3.05, 3.63) is 57.9 Å². The summed E-state index contributed by atoms with van der Waals surface area (Å²) in [5.41, 5.74) is 2.71. The highest BCUT2D eigenvalue weighted by Crippen LogP contribution is 2.25. The zero-order chi connectivity index (χ0) is 17.8. The molecule has 2 heterocycles. The molecule has 25 heavy (non-hydrogen) atoms. The van der Waals surface area contributed by atoms with Gasteiger partial charge in [0.05, 0.1) is 4.92 Å². The minimum atomic E-state index is -0.472. The number of aromatic nitrogens is 2. The number of rotatable bonds is 5. The van der Waals surface area contributed by atoms with E-state index in [9.17, 15) is 10.1 Å². The Morgan fingerprint density at radius 2 is 1.76 bits per heavy atom. The lowest BCUT2D eigenvalue weighted by Crippen LogP contribution is -2.35. The molecule has 0 unspecified atom stereocenters. The zero-order valence-electron chi connectivity index (χ0n) is 14.8. The second-order valence-corrected chi connectivity index (χ2v) is 7.03. The Hall–Kier alpha value is -2.50. The van der Waals surface area contributed by atoms with E-state index in [0.29, 0.717) is 17.8 Å². The third kappa shape index (κ3) is 4.32. The Morgan fingerprint density at radius 1 is 1.16 bits per heavy atom. The molecule has 1 fully saturated rings. The van der Waals surface area contributed by atoms with Gasteiger partial charge in [0.2, 0.25) is 5.95 Å². The molecule has 1 aromatic heterocycles. The number of benzene rings is 1. The largest absolute Gasteiger partial charge is 0.341 e. The quantitative estimate of drug-likeness (QED) is 0.608. The molecule has 0 atom stereocenters. The van der Waals surface area contributed by atoms with Gasteiger partial charge in [-0.1, -0.05) is 38.1 Å². The molecule has 1 aliphatic heterocycles. The maximum atomic E-state index is 10.7. The minimum absolute atomic E-state index is 0.0662. The summed E-state index contributed by atoms with van der Waals surface area (Å²) in [6.45, 7) is 6.22. The van der Waals surface area contributed by atoms with E-state index in [0.717, 1.165) is 32.4 Å². The van der Waals surface area contributed by atoms with Gasteiger partial charge >= 0.3 is 5.69 Å². The first kappa shape index (κ1) is 17.3. The lowest BCUT2D eigenvalue weighted by molar-refractivity contribution is -0.385. The van der Waals surface area contributed by atoms with Crippen molar-refractivity contribution in [3.63, 3.8) is 0 Å². The van der Waals surface area contributed by atoms with E-state index >= 15 is 0 Å². The molecule has 2 aromatic rings. The van der Waals surface area contributed by atoms with Crippen molar-refractivity contribution in [1.82, 2.24) is 9.97 Å². The maximum absolute atomic E-state index is 10.7. The molecule has 1 aromatic carbocycles. The summed E-state index contributed by atoms with van der Waals surface area (Å²) in [7, 11) is 0. The average molecular weight is 340 g/mol. The number of anilines is 1. The molecule has 1 aliphatic rings. The Bertz CT molecular complexity index is 705. The van der Waals surface area contributed by atoms with Crippen molar-refractivity contribution < 1.29 is 4.92 Å². The van der Waals surface area contributed by atoms with Gasteiger partial charge in [-0.3, -0.25) is 10.1 Å². The van der Waals surface area contributed by atoms with Crippen LogP contribution in [0, 0.1) is 16.0 Å². The monoisotopic (exact) mass is 340 g/mol. The molecular weight excluding hydrogens is 316 g/mol. The average Bonchev–Trinajstić information content (AvgIpc) is 2.63. The first-order valence-corrected chi connectivity index (χ1v) is 8.83. The van der Waals surface area contributed by atoms with Crippen LogP contribution in [-0.4, -0.2) is 28.0 Å². The number of hydrogen-bond acceptors (Lipinski definition) is 5. The summed E-state index contributed by atoms with van der Waals surface area (Å²) in [5, 5.41) is 10.7. The van der Waals surface area contributed by atoms with E-state index in [1.54, 1.807) is 0 Å². The highest BCUT2D eigenvalue weighted by atomic mass is 16.6. The zero-order valence-corrected chi connectivity index (χ0v) is 14.8. The first-order valence-electron chi connectivity index (χ1n) is 8.83. The van der Waals surface area contributed by atoms with Gasteiger partial charge in [-0.25, -0.2) is 9.97 Å². The lowest BCUT2D eigenvalue weighted by Gasteiger charge is -2.32. The number of nitrogens with zero attached hydrogens (tertiary/aromatic N) is 4. The van der Waals surface area contributed by atoms with E-state index in [1.165, 1.54) is 23.5 Å². The van der Waals surface area contributed by atoms with Gasteiger partial charge < -0.3 is 4.90 Å². The van der Waals surface area contributed by atoms with Crippen molar-refractivity contribution >= 4 is 11.6 Å². The van der Waals surface area contributed by atoms with E-state index < -0.39 is 4.92 Å². The fourth-order valence-corrected chi connectivity index (χ4v) is 3.28. The molecule has 132 valence electrons. The summed E-state index contributed by atoms with van der Waals surface area (Å²) in [6.07, 6.45) is 5.85. The van der Waals surface area contributed by atoms with Crippen LogP contribution in [-0.2, 0) is 6.42 Å². The Kier molecular flexibility index (Phi) is 5.26. The van der Waals surface area contributed by atoms with Crippen molar-refractivity contribution in [3.8, 4) is 0 Å². The fourth-order valence-electron chi connectivity index (χ4n) is 3.28. The molecule has 0 radical (unpaired) electrons. The summed E-state index contributed by atoms with van der Waals surface area (Å²) < 4.78 is 0. The Morgan fingerprint density at radius 3 is 2.28 bits per heavy atom. The smallest absolute Gasteiger partial charge is 0.305 e. The van der Waals surface area contributed by atoms with Gasteiger partial charge in [0.25, 0.3) is 0 Å². The standard InChI is InChI=1S/C19H24N4O2/c1-14(2)17-5-3-15(4-6-17)11-16-7-9-22(10-8-16)19-20-12-18(13-21-19)23(24)25/h3-6,12-14,16H,7-11H2,1-2H3. The molecule has 6 heteroatoms. The minimum Gasteiger partial charge on any atom is -0.341 e. The number of nitro groups is 1. The van der Waals surface area contributed by atoms with Crippen molar-refractivity contribution in [2.75, 3.05) is 18.0 Å². The van der Waals surface area contributed by atoms with E-state index in [1.807, 2.05) is 0 Å². The molecule has 6 nitrogen and oxygen atoms in total. The Balaban J connectivity index is 1.53. The second kappa shape index (κ2) is 7.59. The SMILES string of the molecule is CC(C)c1ccc(CC2CCN(c3ncc([N+](=O)[O-])cn3)CC2)cc1. The van der Waals surface area contributed by atoms with Gasteiger partial charge in [-0.2, -0.15) is 0 Å². The first-order chi connectivity index (χ1) is 12.0. The van der Waals surface area contributed by atoms with Crippen molar-refractivity contribution in [1.29, 1.82) is 0 Å². The van der Waals surface area contributed by atoms with Crippen LogP contribution in [0.1, 0.15) is 43.7 Å². The molecule has 0 spiro atoms. The maximum Gasteiger partial charge on any atom is 0.305 e. The summed E-state index contributed by atoms with van der Waals surface area (Å²) in [4.78, 5) is 20.6. The molecular formula is C19H24N4O2. The van der Waals surface area contributed by atoms with Gasteiger partial charge in [0, 0.05) is 13.1 Å². The second-order valence-electron chi connectivity index (χ2n) is 7.03. The molecule has 3 rings (SSSR count). The predicted molar refractivity (Wildman–Crippen MR) is 97.9 cm³/mol. The normalized spacial score (nSPS) is 15.6. The lowest BCUT2D eigenvalue weighted by atomic mass is 9.89. The third-order valence-electron chi connectivity index (χ3n) is 4.90. The van der Waals surface area contributed by atoms with E-state index in [4.69, 9.17) is 0 Å². The molecule has 0 saturated carbocycles. The van der Waals surface area contributed by atoms with Crippen LogP contribution in [0.2, 0.25) is 0 Å². The van der Waals surface area contributed by atoms with Gasteiger partial charge in [0.1, 0.15) is 12.4 Å². The highest BCUT2D eigenvalue weighted by Gasteiger charge is 2.21. The van der Waals surface area contributed by atoms with Crippen LogP contribution in [0.15, 0.2) is 36.7 Å². The van der Waals surface area contributed by atoms with Crippen LogP contribution in [0.25, 0.3) is 0 Å². The van der Waals surface area contributed by atoms with Gasteiger partial charge in [-0.15, -0.1) is 0 Å². The van der Waals surface area contributed by atoms with Crippen LogP contribution in [0.4, 0.5) is 11.6 Å². The van der Waals surface area contributed by atoms with Crippen LogP contribution >= 0.6 is 0 Å². The van der Waals surface area contributed by atoms with E-state index in [-0.39, 0.29) is 5.69 Å². The molecule has 0 bridgehead atoms. The topological polar surface area (TPSA) is 72.2 Å². The summed E-state index contributed by atoms with van der Waals surface area (Å²) in [6, 6.07) is 8.97. The summed E-state index contributed by atoms with van der Waals surface area (Å²) >= 11 is 0. The van der Waals surface area contributed by atoms with Crippen LogP contribution in [0.5, 0.6) is 0 Å². The number of piperidine rings is 1. The predicted octanol–water partition coefficient (Wildman–Crippen LogP) is 3.97. The van der Waals surface area contributed by atoms with Crippen molar-refractivity contribution in [2.45, 2.75) is 39.0 Å². The Labute approximate surface area is 148 Å². The fraction of sp³-hybridized carbons (Fsp3) is 0.474. The summed E-state index contributed by atoms with van der Waals surface area (Å²) in [5.74, 6) is 1.82. The third-order valence-corrected chi connectivity index (χ3v) is 4.90. The van der Waals surface area contributed by atoms with Gasteiger partial charge in [0.15, 0.2) is 0 Å². The highest BCUT2D eigenvalue weighted by molar-refractivity contribution is 5.34. The molecule has 0 N–H and O–H groups in total. The van der Waals surface area contributed by atoms with Crippen molar-refractivity contribution in [2.24, 2.45) is 5.92 Å². The molecule has 0 amide bonds. The van der Waals surface area contributed by atoms with Crippen LogP contribution in [0.3, 0.4) is 0 Å². The van der Waals surface area contributed by atoms with E-state index in [2.05, 4.69) is 53.0 Å². The molecule has 0 aliphatic carbocycles. The number of hydrogen-bond donors (Lipinski definition) is 0.